The van der Waals surface area contributed by atoms with Gasteiger partial charge in [-0.15, -0.1) is 0 Å². The molecule has 1 aliphatic heterocycles. The Morgan fingerprint density at radius 2 is 1.95 bits per heavy atom. The molecule has 112 valence electrons. The molecule has 5 nitrogen and oxygen atoms in total. The molecule has 1 fully saturated rings. The van der Waals surface area contributed by atoms with Crippen molar-refractivity contribution in [2.24, 2.45) is 5.92 Å². The Bertz CT molecular complexity index is 537. The van der Waals surface area contributed by atoms with Gasteiger partial charge in [0.15, 0.2) is 0 Å². The van der Waals surface area contributed by atoms with Crippen LogP contribution in [0, 0.1) is 5.92 Å². The van der Waals surface area contributed by atoms with Crippen molar-refractivity contribution in [3.8, 4) is 0 Å². The van der Waals surface area contributed by atoms with Crippen molar-refractivity contribution in [2.75, 3.05) is 31.6 Å². The number of aliphatic hydroxyl groups excluding tert-OH is 1. The fourth-order valence-corrected chi connectivity index (χ4v) is 4.14. The Kier molecular flexibility index (Phi) is 5.01. The van der Waals surface area contributed by atoms with E-state index in [4.69, 9.17) is 5.11 Å². The molecule has 0 spiro atoms. The molecule has 1 aliphatic rings. The number of nitrogens with one attached hydrogen (secondary N) is 1. The van der Waals surface area contributed by atoms with Crippen LogP contribution in [0.5, 0.6) is 0 Å². The number of hydrogen-bond acceptors (Lipinski definition) is 4. The Morgan fingerprint density at radius 3 is 2.55 bits per heavy atom. The Balaban J connectivity index is 2.23. The van der Waals surface area contributed by atoms with Crippen LogP contribution in [0.15, 0.2) is 29.2 Å². The van der Waals surface area contributed by atoms with Crippen LogP contribution >= 0.6 is 0 Å². The average Bonchev–Trinajstić information content (AvgIpc) is 2.48. The number of sulfonamides is 1. The topological polar surface area (TPSA) is 69.6 Å². The Morgan fingerprint density at radius 1 is 1.30 bits per heavy atom. The van der Waals surface area contributed by atoms with Crippen LogP contribution in [0.3, 0.4) is 0 Å². The number of hydrogen-bond donors (Lipinski definition) is 2. The van der Waals surface area contributed by atoms with E-state index in [1.165, 1.54) is 4.31 Å². The summed E-state index contributed by atoms with van der Waals surface area (Å²) in [5.74, 6) is 0.227. The number of anilines is 1. The number of nitrogens with zero attached hydrogens (tertiary/aromatic N) is 1. The quantitative estimate of drug-likeness (QED) is 0.864. The first kappa shape index (κ1) is 15.3. The number of aliphatic hydroxyl groups is 1. The number of para-hydroxylation sites is 1. The highest BCUT2D eigenvalue weighted by Gasteiger charge is 2.30. The van der Waals surface area contributed by atoms with Gasteiger partial charge in [0.2, 0.25) is 10.0 Å². The molecule has 2 rings (SSSR count). The van der Waals surface area contributed by atoms with E-state index in [0.717, 1.165) is 12.8 Å². The van der Waals surface area contributed by atoms with Crippen molar-refractivity contribution in [3.05, 3.63) is 24.3 Å². The minimum absolute atomic E-state index is 0.141. The first-order valence-electron chi connectivity index (χ1n) is 7.03. The van der Waals surface area contributed by atoms with Gasteiger partial charge in [0.1, 0.15) is 4.90 Å². The fraction of sp³-hybridized carbons (Fsp3) is 0.571. The minimum Gasteiger partial charge on any atom is -0.396 e. The summed E-state index contributed by atoms with van der Waals surface area (Å²) in [6, 6.07) is 7.01. The van der Waals surface area contributed by atoms with Gasteiger partial charge in [-0.2, -0.15) is 4.31 Å². The summed E-state index contributed by atoms with van der Waals surface area (Å²) in [7, 11) is -3.46. The van der Waals surface area contributed by atoms with Gasteiger partial charge in [0, 0.05) is 26.2 Å². The summed E-state index contributed by atoms with van der Waals surface area (Å²) in [6.45, 7) is 3.72. The molecule has 0 aromatic heterocycles. The van der Waals surface area contributed by atoms with Crippen LogP contribution in [0.25, 0.3) is 0 Å². The summed E-state index contributed by atoms with van der Waals surface area (Å²) in [6.07, 6.45) is 1.44. The third kappa shape index (κ3) is 3.13. The van der Waals surface area contributed by atoms with E-state index >= 15 is 0 Å². The molecule has 1 aromatic carbocycles. The van der Waals surface area contributed by atoms with E-state index in [0.29, 0.717) is 30.2 Å². The maximum Gasteiger partial charge on any atom is 0.245 e. The van der Waals surface area contributed by atoms with Gasteiger partial charge in [-0.3, -0.25) is 0 Å². The smallest absolute Gasteiger partial charge is 0.245 e. The first-order valence-corrected chi connectivity index (χ1v) is 8.47. The van der Waals surface area contributed by atoms with Crippen molar-refractivity contribution in [1.29, 1.82) is 0 Å². The van der Waals surface area contributed by atoms with Gasteiger partial charge < -0.3 is 10.4 Å². The zero-order chi connectivity index (χ0) is 14.6. The molecule has 1 saturated heterocycles. The van der Waals surface area contributed by atoms with Crippen LogP contribution < -0.4 is 5.32 Å². The van der Waals surface area contributed by atoms with Crippen LogP contribution in [0.4, 0.5) is 5.69 Å². The molecule has 0 radical (unpaired) electrons. The third-order valence-electron chi connectivity index (χ3n) is 3.70. The van der Waals surface area contributed by atoms with Gasteiger partial charge in [-0.05, 0) is 37.8 Å². The average molecular weight is 298 g/mol. The molecule has 0 bridgehead atoms. The van der Waals surface area contributed by atoms with Crippen LogP contribution in [-0.2, 0) is 10.0 Å². The lowest BCUT2D eigenvalue weighted by Crippen LogP contribution is -2.39. The van der Waals surface area contributed by atoms with Crippen LogP contribution in [0.2, 0.25) is 0 Å². The molecule has 6 heteroatoms. The molecule has 0 amide bonds. The Hall–Kier alpha value is -1.11. The summed E-state index contributed by atoms with van der Waals surface area (Å²) >= 11 is 0. The summed E-state index contributed by atoms with van der Waals surface area (Å²) in [5, 5.41) is 12.2. The monoisotopic (exact) mass is 298 g/mol. The number of rotatable bonds is 5. The molecule has 0 saturated carbocycles. The lowest BCUT2D eigenvalue weighted by atomic mass is 10.00. The van der Waals surface area contributed by atoms with Gasteiger partial charge >= 0.3 is 0 Å². The van der Waals surface area contributed by atoms with E-state index in [1.54, 1.807) is 18.2 Å². The normalized spacial score (nSPS) is 18.1. The van der Waals surface area contributed by atoms with Gasteiger partial charge in [-0.25, -0.2) is 8.42 Å². The molecule has 0 unspecified atom stereocenters. The SMILES string of the molecule is CCNc1ccccc1S(=O)(=O)N1CCC(CO)CC1. The molecular formula is C14H22N2O3S. The number of piperidine rings is 1. The third-order valence-corrected chi connectivity index (χ3v) is 5.66. The van der Waals surface area contributed by atoms with Crippen molar-refractivity contribution in [1.82, 2.24) is 4.31 Å². The lowest BCUT2D eigenvalue weighted by molar-refractivity contribution is 0.170. The summed E-state index contributed by atoms with van der Waals surface area (Å²) < 4.78 is 26.9. The predicted molar refractivity (Wildman–Crippen MR) is 79.2 cm³/mol. The highest BCUT2D eigenvalue weighted by molar-refractivity contribution is 7.89. The van der Waals surface area contributed by atoms with Gasteiger partial charge in [0.05, 0.1) is 5.69 Å². The zero-order valence-corrected chi connectivity index (χ0v) is 12.6. The van der Waals surface area contributed by atoms with E-state index in [2.05, 4.69) is 5.32 Å². The largest absolute Gasteiger partial charge is 0.396 e. The van der Waals surface area contributed by atoms with E-state index in [-0.39, 0.29) is 12.5 Å². The molecule has 2 N–H and O–H groups in total. The minimum atomic E-state index is -3.46. The standard InChI is InChI=1S/C14H22N2O3S/c1-2-15-13-5-3-4-6-14(13)20(18,19)16-9-7-12(11-17)8-10-16/h3-6,12,15,17H,2,7-11H2,1H3. The number of benzene rings is 1. The first-order chi connectivity index (χ1) is 9.59. The van der Waals surface area contributed by atoms with Crippen molar-refractivity contribution in [2.45, 2.75) is 24.7 Å². The van der Waals surface area contributed by atoms with E-state index in [1.807, 2.05) is 13.0 Å². The van der Waals surface area contributed by atoms with Crippen molar-refractivity contribution < 1.29 is 13.5 Å². The highest BCUT2D eigenvalue weighted by Crippen LogP contribution is 2.27. The highest BCUT2D eigenvalue weighted by atomic mass is 32.2. The summed E-state index contributed by atoms with van der Waals surface area (Å²) in [4.78, 5) is 0.337. The maximum absolute atomic E-state index is 12.7. The maximum atomic E-state index is 12.7. The molecule has 0 atom stereocenters. The predicted octanol–water partition coefficient (Wildman–Crippen LogP) is 1.51. The van der Waals surface area contributed by atoms with Crippen molar-refractivity contribution in [3.63, 3.8) is 0 Å². The molecule has 20 heavy (non-hydrogen) atoms. The van der Waals surface area contributed by atoms with Gasteiger partial charge in [-0.1, -0.05) is 12.1 Å². The van der Waals surface area contributed by atoms with E-state index < -0.39 is 10.0 Å². The molecule has 1 aromatic rings. The Labute approximate surface area is 120 Å². The second kappa shape index (κ2) is 6.56. The fourth-order valence-electron chi connectivity index (χ4n) is 2.50. The van der Waals surface area contributed by atoms with Crippen LogP contribution in [0.1, 0.15) is 19.8 Å². The molecule has 0 aliphatic carbocycles. The van der Waals surface area contributed by atoms with Crippen molar-refractivity contribution >= 4 is 15.7 Å². The second-order valence-electron chi connectivity index (χ2n) is 5.06. The zero-order valence-electron chi connectivity index (χ0n) is 11.7. The van der Waals surface area contributed by atoms with Gasteiger partial charge in [0.25, 0.3) is 0 Å². The molecular weight excluding hydrogens is 276 g/mol. The second-order valence-corrected chi connectivity index (χ2v) is 6.96. The van der Waals surface area contributed by atoms with Crippen LogP contribution in [-0.4, -0.2) is 44.1 Å². The lowest BCUT2D eigenvalue weighted by Gasteiger charge is -2.30. The van der Waals surface area contributed by atoms with E-state index in [9.17, 15) is 8.42 Å². The summed E-state index contributed by atoms with van der Waals surface area (Å²) in [5.41, 5.74) is 0.652. The molecule has 1 heterocycles.